The third kappa shape index (κ3) is 5.99. The summed E-state index contributed by atoms with van der Waals surface area (Å²) in [6, 6.07) is 15.7. The molecule has 8 nitrogen and oxygen atoms in total. The Morgan fingerprint density at radius 2 is 1.76 bits per heavy atom. The van der Waals surface area contributed by atoms with Crippen molar-refractivity contribution in [3.63, 3.8) is 0 Å². The van der Waals surface area contributed by atoms with Gasteiger partial charge < -0.3 is 24.5 Å². The van der Waals surface area contributed by atoms with Crippen molar-refractivity contribution in [2.24, 2.45) is 11.8 Å². The fraction of sp³-hybridized carbons (Fsp3) is 0.486. The quantitative estimate of drug-likeness (QED) is 0.305. The van der Waals surface area contributed by atoms with Crippen LogP contribution < -0.4 is 9.64 Å². The van der Waals surface area contributed by atoms with Gasteiger partial charge in [0.05, 0.1) is 35.8 Å². The fourth-order valence-electron chi connectivity index (χ4n) is 7.67. The molecule has 246 valence electrons. The van der Waals surface area contributed by atoms with Crippen molar-refractivity contribution < 1.29 is 24.2 Å². The number of thioether (sulfide) groups is 1. The van der Waals surface area contributed by atoms with Crippen molar-refractivity contribution >= 4 is 35.2 Å². The Balaban J connectivity index is 1.58. The lowest BCUT2D eigenvalue weighted by Crippen LogP contribution is -2.61. The molecule has 46 heavy (non-hydrogen) atoms. The molecule has 2 bridgehead atoms. The van der Waals surface area contributed by atoms with Gasteiger partial charge in [-0.3, -0.25) is 14.4 Å². The molecule has 3 fully saturated rings. The van der Waals surface area contributed by atoms with E-state index < -0.39 is 34.2 Å². The van der Waals surface area contributed by atoms with Gasteiger partial charge in [-0.15, -0.1) is 24.9 Å². The number of anilines is 1. The number of likely N-dealkylation sites (tertiary alicyclic amines) is 1. The second-order valence-corrected chi connectivity index (χ2v) is 15.0. The maximum absolute atomic E-state index is 14.9. The van der Waals surface area contributed by atoms with Crippen LogP contribution in [-0.4, -0.2) is 86.6 Å². The molecule has 3 heterocycles. The van der Waals surface area contributed by atoms with Crippen molar-refractivity contribution in [3.05, 3.63) is 85.5 Å². The first-order valence-electron chi connectivity index (χ1n) is 16.2. The van der Waals surface area contributed by atoms with Crippen LogP contribution in [0.4, 0.5) is 5.69 Å². The first kappa shape index (κ1) is 33.8. The van der Waals surface area contributed by atoms with Gasteiger partial charge in [-0.1, -0.05) is 42.5 Å². The molecule has 5 rings (SSSR count). The largest absolute Gasteiger partial charge is 0.494 e. The fourth-order valence-corrected chi connectivity index (χ4v) is 9.87. The summed E-state index contributed by atoms with van der Waals surface area (Å²) in [5, 5.41) is 10.7. The Morgan fingerprint density at radius 3 is 2.35 bits per heavy atom. The van der Waals surface area contributed by atoms with E-state index in [2.05, 4.69) is 13.2 Å². The van der Waals surface area contributed by atoms with E-state index >= 15 is 0 Å². The van der Waals surface area contributed by atoms with Crippen LogP contribution in [0.15, 0.2) is 79.9 Å². The number of carbonyl (C=O) groups is 3. The number of hydrogen-bond donors (Lipinski definition) is 1. The summed E-state index contributed by atoms with van der Waals surface area (Å²) < 4.78 is 4.83. The molecule has 0 saturated carbocycles. The summed E-state index contributed by atoms with van der Waals surface area (Å²) in [5.41, 5.74) is 1.13. The van der Waals surface area contributed by atoms with Crippen molar-refractivity contribution in [1.82, 2.24) is 9.80 Å². The summed E-state index contributed by atoms with van der Waals surface area (Å²) >= 11 is 1.64. The van der Waals surface area contributed by atoms with Gasteiger partial charge in [0.25, 0.3) is 0 Å². The van der Waals surface area contributed by atoms with Gasteiger partial charge in [-0.25, -0.2) is 0 Å². The molecule has 1 spiro atoms. The van der Waals surface area contributed by atoms with E-state index in [0.717, 1.165) is 12.0 Å². The molecule has 0 aliphatic carbocycles. The lowest BCUT2D eigenvalue weighted by molar-refractivity contribution is -0.148. The molecule has 6 atom stereocenters. The van der Waals surface area contributed by atoms with Crippen LogP contribution in [0.5, 0.6) is 5.75 Å². The van der Waals surface area contributed by atoms with E-state index in [1.54, 1.807) is 38.6 Å². The van der Waals surface area contributed by atoms with Gasteiger partial charge in [-0.05, 0) is 76.8 Å². The zero-order valence-electron chi connectivity index (χ0n) is 27.4. The van der Waals surface area contributed by atoms with Gasteiger partial charge in [0.15, 0.2) is 0 Å². The predicted molar refractivity (Wildman–Crippen MR) is 184 cm³/mol. The van der Waals surface area contributed by atoms with E-state index in [1.807, 2.05) is 82.3 Å². The van der Waals surface area contributed by atoms with Crippen LogP contribution in [0.2, 0.25) is 0 Å². The van der Waals surface area contributed by atoms with Crippen LogP contribution >= 0.6 is 11.8 Å². The topological polar surface area (TPSA) is 90.4 Å². The van der Waals surface area contributed by atoms with Crippen molar-refractivity contribution in [3.8, 4) is 5.75 Å². The van der Waals surface area contributed by atoms with E-state index in [0.29, 0.717) is 37.4 Å². The SMILES string of the molecule is C=CCN(C(=O)[C@@H]1[C@H]2C(=O)N([C@@H](CO)Cc3ccccc3)C(C(=O)N(CC=C)C(C)(C)C)C23CC[C@H]1S3)c1ccc(OCC)cc1. The van der Waals surface area contributed by atoms with E-state index in [1.165, 1.54) is 0 Å². The highest BCUT2D eigenvalue weighted by molar-refractivity contribution is 8.02. The van der Waals surface area contributed by atoms with Gasteiger partial charge in [0.1, 0.15) is 11.8 Å². The Morgan fingerprint density at radius 1 is 1.09 bits per heavy atom. The summed E-state index contributed by atoms with van der Waals surface area (Å²) in [6.45, 7) is 16.5. The molecular weight excluding hydrogens is 598 g/mol. The van der Waals surface area contributed by atoms with E-state index in [4.69, 9.17) is 4.74 Å². The standard InChI is InChI=1S/C37H47N3O5S/c1-7-21-38(26-15-17-28(18-16-26)45-9-3)33(42)30-29-19-20-37(46-29)31(30)34(43)40(27(24-41)23-25-13-11-10-12-14-25)32(37)35(44)39(22-8-2)36(4,5)6/h7-8,10-18,27,29-32,41H,1-2,9,19-24H2,3-6H3/t27-,29-,30+,31+,32?,37?/m1/s1. The smallest absolute Gasteiger partial charge is 0.247 e. The second kappa shape index (κ2) is 13.7. The molecule has 2 aromatic carbocycles. The third-order valence-corrected chi connectivity index (χ3v) is 11.6. The number of fused-ring (bicyclic) bond motifs is 1. The summed E-state index contributed by atoms with van der Waals surface area (Å²) in [6.07, 6.45) is 5.18. The molecule has 0 aromatic heterocycles. The first-order valence-corrected chi connectivity index (χ1v) is 17.1. The van der Waals surface area contributed by atoms with Crippen molar-refractivity contribution in [2.75, 3.05) is 31.2 Å². The van der Waals surface area contributed by atoms with Crippen molar-refractivity contribution in [2.45, 2.75) is 74.6 Å². The number of aliphatic hydroxyl groups excluding tert-OH is 1. The normalized spacial score (nSPS) is 25.6. The summed E-state index contributed by atoms with van der Waals surface area (Å²) in [4.78, 5) is 49.5. The molecule has 3 saturated heterocycles. The van der Waals surface area contributed by atoms with E-state index in [-0.39, 0.29) is 36.1 Å². The monoisotopic (exact) mass is 645 g/mol. The summed E-state index contributed by atoms with van der Waals surface area (Å²) in [5.74, 6) is -1.12. The van der Waals surface area contributed by atoms with Crippen molar-refractivity contribution in [1.29, 1.82) is 0 Å². The molecule has 3 amide bonds. The molecule has 0 radical (unpaired) electrons. The van der Waals surface area contributed by atoms with Crippen LogP contribution in [0.3, 0.4) is 0 Å². The van der Waals surface area contributed by atoms with Crippen LogP contribution in [0.1, 0.15) is 46.1 Å². The third-order valence-electron chi connectivity index (χ3n) is 9.60. The minimum atomic E-state index is -0.823. The first-order chi connectivity index (χ1) is 22.0. The Hall–Kier alpha value is -3.56. The number of aliphatic hydroxyl groups is 1. The summed E-state index contributed by atoms with van der Waals surface area (Å²) in [7, 11) is 0. The molecule has 3 aliphatic rings. The minimum absolute atomic E-state index is 0.0990. The average Bonchev–Trinajstić information content (AvgIpc) is 3.68. The highest BCUT2D eigenvalue weighted by Crippen LogP contribution is 2.67. The maximum Gasteiger partial charge on any atom is 0.247 e. The van der Waals surface area contributed by atoms with Gasteiger partial charge in [-0.2, -0.15) is 0 Å². The zero-order valence-corrected chi connectivity index (χ0v) is 28.2. The molecule has 3 aliphatic heterocycles. The average molecular weight is 646 g/mol. The van der Waals surface area contributed by atoms with Crippen LogP contribution in [0, 0.1) is 11.8 Å². The Kier molecular flexibility index (Phi) is 10.0. The number of benzene rings is 2. The Labute approximate surface area is 277 Å². The number of rotatable bonds is 13. The number of nitrogens with zero attached hydrogens (tertiary/aromatic N) is 3. The molecule has 1 N–H and O–H groups in total. The van der Waals surface area contributed by atoms with Crippen LogP contribution in [-0.2, 0) is 20.8 Å². The number of amides is 3. The van der Waals surface area contributed by atoms with Gasteiger partial charge in [0.2, 0.25) is 17.7 Å². The molecular formula is C37H47N3O5S. The lowest BCUT2D eigenvalue weighted by atomic mass is 9.70. The zero-order chi connectivity index (χ0) is 33.2. The van der Waals surface area contributed by atoms with Crippen LogP contribution in [0.25, 0.3) is 0 Å². The van der Waals surface area contributed by atoms with Gasteiger partial charge in [0, 0.05) is 29.6 Å². The second-order valence-electron chi connectivity index (χ2n) is 13.4. The van der Waals surface area contributed by atoms with Gasteiger partial charge >= 0.3 is 0 Å². The number of hydrogen-bond acceptors (Lipinski definition) is 6. The lowest BCUT2D eigenvalue weighted by Gasteiger charge is -2.43. The number of ether oxygens (including phenoxy) is 1. The minimum Gasteiger partial charge on any atom is -0.494 e. The predicted octanol–water partition coefficient (Wildman–Crippen LogP) is 5.11. The maximum atomic E-state index is 14.9. The highest BCUT2D eigenvalue weighted by atomic mass is 32.2. The number of carbonyl (C=O) groups excluding carboxylic acids is 3. The molecule has 2 aromatic rings. The molecule has 9 heteroatoms. The molecule has 2 unspecified atom stereocenters. The highest BCUT2D eigenvalue weighted by Gasteiger charge is 2.74. The van der Waals surface area contributed by atoms with E-state index in [9.17, 15) is 19.5 Å². The Bertz CT molecular complexity index is 1440.